The zero-order valence-electron chi connectivity index (χ0n) is 15.8. The molecule has 0 saturated carbocycles. The van der Waals surface area contributed by atoms with Gasteiger partial charge in [-0.25, -0.2) is 15.0 Å². The van der Waals surface area contributed by atoms with E-state index in [1.165, 1.54) is 0 Å². The number of phenols is 1. The molecule has 1 aliphatic heterocycles. The number of nitrogens with zero attached hydrogens (tertiary/aromatic N) is 6. The molecule has 1 fully saturated rings. The van der Waals surface area contributed by atoms with E-state index in [1.54, 1.807) is 10.9 Å². The lowest BCUT2D eigenvalue weighted by Gasteiger charge is -2.28. The Labute approximate surface area is 161 Å². The van der Waals surface area contributed by atoms with Crippen molar-refractivity contribution in [3.05, 3.63) is 36.2 Å². The minimum Gasteiger partial charge on any atom is -0.507 e. The number of rotatable bonds is 2. The molecule has 3 aromatic heterocycles. The van der Waals surface area contributed by atoms with Crippen molar-refractivity contribution in [3.8, 4) is 17.1 Å². The Morgan fingerprint density at radius 2 is 1.93 bits per heavy atom. The highest BCUT2D eigenvalue weighted by Crippen LogP contribution is 2.35. The molecule has 0 amide bonds. The topological polar surface area (TPSA) is 92.0 Å². The average molecular weight is 375 g/mol. The predicted octanol–water partition coefficient (Wildman–Crippen LogP) is 2.00. The van der Waals surface area contributed by atoms with Crippen molar-refractivity contribution in [1.82, 2.24) is 30.0 Å². The number of phenolic OH excluding ortho intramolecular Hbond substituents is 1. The highest BCUT2D eigenvalue weighted by atomic mass is 16.3. The van der Waals surface area contributed by atoms with Crippen LogP contribution in [-0.4, -0.2) is 56.0 Å². The minimum absolute atomic E-state index is 0.163. The number of aromatic nitrogens is 5. The Balaban J connectivity index is 1.58. The minimum atomic E-state index is 0.163. The van der Waals surface area contributed by atoms with Crippen molar-refractivity contribution in [2.45, 2.75) is 6.92 Å². The number of nitrogens with one attached hydrogen (secondary N) is 1. The van der Waals surface area contributed by atoms with Crippen LogP contribution in [0.1, 0.15) is 5.56 Å². The first-order chi connectivity index (χ1) is 13.6. The number of aryl methyl sites for hydroxylation is 2. The van der Waals surface area contributed by atoms with E-state index < -0.39 is 0 Å². The van der Waals surface area contributed by atoms with E-state index in [0.29, 0.717) is 11.4 Å². The standard InChI is InChI=1S/C20H21N7O/c1-12-18-13(11-26(2)25-18)9-14(19(12)28)20-22-10-16-15(24-20)3-4-17(23-16)27-7-5-21-6-8-27/h3-4,9-11,21,28H,5-8H2,1-2H3. The van der Waals surface area contributed by atoms with Crippen LogP contribution in [0.15, 0.2) is 30.6 Å². The molecule has 0 atom stereocenters. The lowest BCUT2D eigenvalue weighted by molar-refractivity contribution is 0.473. The van der Waals surface area contributed by atoms with Gasteiger partial charge in [-0.15, -0.1) is 0 Å². The first kappa shape index (κ1) is 16.9. The van der Waals surface area contributed by atoms with Crippen molar-refractivity contribution in [3.63, 3.8) is 0 Å². The van der Waals surface area contributed by atoms with Gasteiger partial charge in [0, 0.05) is 50.4 Å². The first-order valence-corrected chi connectivity index (χ1v) is 9.36. The Bertz CT molecular complexity index is 1190. The summed E-state index contributed by atoms with van der Waals surface area (Å²) in [5.74, 6) is 1.59. The predicted molar refractivity (Wildman–Crippen MR) is 109 cm³/mol. The third kappa shape index (κ3) is 2.73. The van der Waals surface area contributed by atoms with E-state index in [-0.39, 0.29) is 5.75 Å². The third-order valence-electron chi connectivity index (χ3n) is 5.23. The first-order valence-electron chi connectivity index (χ1n) is 9.36. The van der Waals surface area contributed by atoms with Gasteiger partial charge in [-0.2, -0.15) is 5.10 Å². The number of piperazine rings is 1. The van der Waals surface area contributed by atoms with Crippen LogP contribution in [0, 0.1) is 6.92 Å². The normalized spacial score (nSPS) is 14.9. The van der Waals surface area contributed by atoms with E-state index in [0.717, 1.165) is 59.5 Å². The van der Waals surface area contributed by atoms with Crippen LogP contribution in [0.25, 0.3) is 33.3 Å². The Morgan fingerprint density at radius 3 is 2.75 bits per heavy atom. The summed E-state index contributed by atoms with van der Waals surface area (Å²) < 4.78 is 1.74. The number of pyridine rings is 1. The molecule has 28 heavy (non-hydrogen) atoms. The summed E-state index contributed by atoms with van der Waals surface area (Å²) in [7, 11) is 1.87. The van der Waals surface area contributed by atoms with Gasteiger partial charge in [-0.05, 0) is 25.1 Å². The zero-order chi connectivity index (χ0) is 19.3. The van der Waals surface area contributed by atoms with E-state index in [2.05, 4.69) is 25.3 Å². The molecule has 0 aliphatic carbocycles. The van der Waals surface area contributed by atoms with Gasteiger partial charge in [0.25, 0.3) is 0 Å². The Kier molecular flexibility index (Phi) is 3.87. The van der Waals surface area contributed by atoms with Gasteiger partial charge < -0.3 is 15.3 Å². The molecule has 8 nitrogen and oxygen atoms in total. The number of benzene rings is 1. The van der Waals surface area contributed by atoms with Crippen molar-refractivity contribution >= 4 is 27.8 Å². The van der Waals surface area contributed by atoms with Crippen molar-refractivity contribution < 1.29 is 5.11 Å². The van der Waals surface area contributed by atoms with Crippen LogP contribution in [0.5, 0.6) is 5.75 Å². The maximum absolute atomic E-state index is 10.7. The van der Waals surface area contributed by atoms with Crippen molar-refractivity contribution in [1.29, 1.82) is 0 Å². The van der Waals surface area contributed by atoms with E-state index >= 15 is 0 Å². The molecule has 0 radical (unpaired) electrons. The summed E-state index contributed by atoms with van der Waals surface area (Å²) in [6, 6.07) is 5.85. The van der Waals surface area contributed by atoms with Gasteiger partial charge >= 0.3 is 0 Å². The summed E-state index contributed by atoms with van der Waals surface area (Å²) in [5.41, 5.74) is 3.62. The summed E-state index contributed by atoms with van der Waals surface area (Å²) in [6.07, 6.45) is 3.65. The number of fused-ring (bicyclic) bond motifs is 2. The second kappa shape index (κ2) is 6.42. The zero-order valence-corrected chi connectivity index (χ0v) is 15.8. The molecule has 142 valence electrons. The van der Waals surface area contributed by atoms with Crippen LogP contribution in [0.3, 0.4) is 0 Å². The molecule has 1 saturated heterocycles. The van der Waals surface area contributed by atoms with Crippen molar-refractivity contribution in [2.24, 2.45) is 7.05 Å². The average Bonchev–Trinajstić information content (AvgIpc) is 3.11. The van der Waals surface area contributed by atoms with Crippen LogP contribution >= 0.6 is 0 Å². The molecule has 1 aromatic carbocycles. The smallest absolute Gasteiger partial charge is 0.163 e. The van der Waals surface area contributed by atoms with E-state index in [9.17, 15) is 5.11 Å². The molecular weight excluding hydrogens is 354 g/mol. The Morgan fingerprint density at radius 1 is 1.11 bits per heavy atom. The summed E-state index contributed by atoms with van der Waals surface area (Å²) in [6.45, 7) is 5.66. The third-order valence-corrected chi connectivity index (χ3v) is 5.23. The highest BCUT2D eigenvalue weighted by Gasteiger charge is 2.17. The van der Waals surface area contributed by atoms with Gasteiger partial charge in [0.1, 0.15) is 17.1 Å². The summed E-state index contributed by atoms with van der Waals surface area (Å²) in [5, 5.41) is 19.4. The number of hydrogen-bond acceptors (Lipinski definition) is 7. The molecule has 0 bridgehead atoms. The van der Waals surface area contributed by atoms with Crippen LogP contribution < -0.4 is 10.2 Å². The van der Waals surface area contributed by atoms with Crippen LogP contribution in [0.2, 0.25) is 0 Å². The van der Waals surface area contributed by atoms with Gasteiger partial charge in [0.05, 0.1) is 22.8 Å². The van der Waals surface area contributed by atoms with Gasteiger partial charge in [-0.1, -0.05) is 0 Å². The maximum atomic E-state index is 10.7. The lowest BCUT2D eigenvalue weighted by atomic mass is 10.1. The summed E-state index contributed by atoms with van der Waals surface area (Å²) in [4.78, 5) is 16.1. The van der Waals surface area contributed by atoms with Gasteiger partial charge in [0.2, 0.25) is 0 Å². The maximum Gasteiger partial charge on any atom is 0.163 e. The molecule has 4 aromatic rings. The molecule has 0 unspecified atom stereocenters. The molecule has 1 aliphatic rings. The molecule has 2 N–H and O–H groups in total. The van der Waals surface area contributed by atoms with Crippen LogP contribution in [-0.2, 0) is 7.05 Å². The van der Waals surface area contributed by atoms with Gasteiger partial charge in [-0.3, -0.25) is 4.68 Å². The summed E-state index contributed by atoms with van der Waals surface area (Å²) >= 11 is 0. The number of anilines is 1. The second-order valence-electron chi connectivity index (χ2n) is 7.14. The van der Waals surface area contributed by atoms with E-state index in [4.69, 9.17) is 4.98 Å². The molecule has 0 spiro atoms. The molecule has 8 heteroatoms. The number of aromatic hydroxyl groups is 1. The fraction of sp³-hybridized carbons (Fsp3) is 0.300. The van der Waals surface area contributed by atoms with E-state index in [1.807, 2.05) is 38.4 Å². The molecular formula is C20H21N7O. The fourth-order valence-electron chi connectivity index (χ4n) is 3.72. The van der Waals surface area contributed by atoms with Crippen LogP contribution in [0.4, 0.5) is 5.82 Å². The lowest BCUT2D eigenvalue weighted by Crippen LogP contribution is -2.43. The number of hydrogen-bond donors (Lipinski definition) is 2. The van der Waals surface area contributed by atoms with Gasteiger partial charge in [0.15, 0.2) is 5.82 Å². The largest absolute Gasteiger partial charge is 0.507 e. The Hall–Kier alpha value is -3.26. The SMILES string of the molecule is Cc1c(O)c(-c2ncc3nc(N4CCNCC4)ccc3n2)cc2cn(C)nc12. The molecule has 4 heterocycles. The molecule has 5 rings (SSSR count). The highest BCUT2D eigenvalue weighted by molar-refractivity contribution is 5.90. The second-order valence-corrected chi connectivity index (χ2v) is 7.14. The van der Waals surface area contributed by atoms with Crippen molar-refractivity contribution in [2.75, 3.05) is 31.1 Å². The quantitative estimate of drug-likeness (QED) is 0.554. The fourth-order valence-corrected chi connectivity index (χ4v) is 3.72. The monoisotopic (exact) mass is 375 g/mol.